The molecule has 1 atom stereocenters. The number of hydrogen-bond acceptors (Lipinski definition) is 5. The Kier molecular flexibility index (Phi) is 6.89. The van der Waals surface area contributed by atoms with Crippen LogP contribution in [0.5, 0.6) is 11.5 Å². The van der Waals surface area contributed by atoms with Gasteiger partial charge in [0.2, 0.25) is 0 Å². The Bertz CT molecular complexity index is 686. The van der Waals surface area contributed by atoms with Crippen molar-refractivity contribution in [3.8, 4) is 11.5 Å². The van der Waals surface area contributed by atoms with E-state index in [9.17, 15) is 5.11 Å². The van der Waals surface area contributed by atoms with Gasteiger partial charge in [-0.25, -0.2) is 0 Å². The molecule has 1 saturated heterocycles. The summed E-state index contributed by atoms with van der Waals surface area (Å²) in [5.41, 5.74) is 2.39. The molecule has 0 unspecified atom stereocenters. The van der Waals surface area contributed by atoms with Crippen molar-refractivity contribution in [2.45, 2.75) is 18.9 Å². The van der Waals surface area contributed by atoms with Gasteiger partial charge in [-0.2, -0.15) is 0 Å². The Balaban J connectivity index is 1.53. The van der Waals surface area contributed by atoms with E-state index >= 15 is 0 Å². The van der Waals surface area contributed by atoms with Crippen LogP contribution in [0.1, 0.15) is 11.1 Å². The van der Waals surface area contributed by atoms with Crippen LogP contribution in [-0.2, 0) is 12.8 Å². The quantitative estimate of drug-likeness (QED) is 0.721. The van der Waals surface area contributed by atoms with E-state index in [0.29, 0.717) is 13.2 Å². The van der Waals surface area contributed by atoms with E-state index in [-0.39, 0.29) is 0 Å². The van der Waals surface area contributed by atoms with E-state index in [2.05, 4.69) is 28.4 Å². The Hall–Kier alpha value is -2.08. The molecule has 1 fully saturated rings. The number of aliphatic hydroxyl groups is 1. The molecule has 3 rings (SSSR count). The van der Waals surface area contributed by atoms with Gasteiger partial charge in [-0.3, -0.25) is 4.90 Å². The largest absolute Gasteiger partial charge is 0.497 e. The lowest BCUT2D eigenvalue weighted by Crippen LogP contribution is -2.34. The zero-order valence-corrected chi connectivity index (χ0v) is 15.4. The molecule has 2 aromatic carbocycles. The van der Waals surface area contributed by atoms with Crippen LogP contribution in [0, 0.1) is 0 Å². The van der Waals surface area contributed by atoms with Crippen LogP contribution in [0.15, 0.2) is 48.5 Å². The van der Waals surface area contributed by atoms with Crippen molar-refractivity contribution in [1.82, 2.24) is 10.2 Å². The van der Waals surface area contributed by atoms with Crippen molar-refractivity contribution in [2.24, 2.45) is 0 Å². The van der Waals surface area contributed by atoms with Gasteiger partial charge in [0, 0.05) is 26.3 Å². The molecule has 5 heteroatoms. The Morgan fingerprint density at radius 3 is 2.85 bits per heavy atom. The van der Waals surface area contributed by atoms with Crippen molar-refractivity contribution >= 4 is 0 Å². The first-order valence-corrected chi connectivity index (χ1v) is 9.19. The molecule has 0 radical (unpaired) electrons. The molecule has 1 aliphatic heterocycles. The minimum absolute atomic E-state index is 0.312. The summed E-state index contributed by atoms with van der Waals surface area (Å²) >= 11 is 0. The van der Waals surface area contributed by atoms with Crippen LogP contribution in [0.4, 0.5) is 0 Å². The van der Waals surface area contributed by atoms with Crippen molar-refractivity contribution in [1.29, 1.82) is 0 Å². The number of rotatable bonds is 9. The lowest BCUT2D eigenvalue weighted by atomic mass is 10.0. The molecular weight excluding hydrogens is 328 g/mol. The van der Waals surface area contributed by atoms with E-state index in [1.54, 1.807) is 7.11 Å². The third-order valence-electron chi connectivity index (χ3n) is 4.63. The van der Waals surface area contributed by atoms with E-state index in [1.165, 1.54) is 5.56 Å². The summed E-state index contributed by atoms with van der Waals surface area (Å²) in [6.45, 7) is 3.76. The summed E-state index contributed by atoms with van der Waals surface area (Å²) in [6.07, 6.45) is 1.32. The van der Waals surface area contributed by atoms with Gasteiger partial charge in [-0.1, -0.05) is 30.3 Å². The van der Waals surface area contributed by atoms with Crippen LogP contribution in [-0.4, -0.2) is 56.1 Å². The maximum absolute atomic E-state index is 10.2. The van der Waals surface area contributed by atoms with Gasteiger partial charge >= 0.3 is 0 Å². The van der Waals surface area contributed by atoms with Gasteiger partial charge in [0.15, 0.2) is 0 Å². The molecular formula is C21H28N2O3. The second-order valence-corrected chi connectivity index (χ2v) is 6.66. The molecule has 0 aromatic heterocycles. The van der Waals surface area contributed by atoms with E-state index in [1.807, 2.05) is 30.3 Å². The van der Waals surface area contributed by atoms with Gasteiger partial charge in [0.05, 0.1) is 7.11 Å². The fraction of sp³-hybridized carbons (Fsp3) is 0.429. The van der Waals surface area contributed by atoms with Gasteiger partial charge in [0.1, 0.15) is 24.2 Å². The first-order valence-electron chi connectivity index (χ1n) is 9.19. The summed E-state index contributed by atoms with van der Waals surface area (Å²) < 4.78 is 11.2. The number of aryl methyl sites for hydroxylation is 2. The van der Waals surface area contributed by atoms with Crippen LogP contribution in [0.2, 0.25) is 0 Å². The van der Waals surface area contributed by atoms with Crippen molar-refractivity contribution in [3.63, 3.8) is 0 Å². The molecule has 140 valence electrons. The summed E-state index contributed by atoms with van der Waals surface area (Å²) in [6, 6.07) is 16.2. The first-order chi connectivity index (χ1) is 12.7. The topological polar surface area (TPSA) is 54.0 Å². The minimum atomic E-state index is -0.485. The fourth-order valence-electron chi connectivity index (χ4n) is 3.20. The smallest absolute Gasteiger partial charge is 0.122 e. The summed E-state index contributed by atoms with van der Waals surface area (Å²) in [4.78, 5) is 2.20. The highest BCUT2D eigenvalue weighted by Gasteiger charge is 2.16. The van der Waals surface area contributed by atoms with E-state index < -0.39 is 6.10 Å². The molecule has 2 N–H and O–H groups in total. The van der Waals surface area contributed by atoms with Crippen LogP contribution in [0.25, 0.3) is 0 Å². The number of nitrogens with one attached hydrogen (secondary N) is 1. The monoisotopic (exact) mass is 356 g/mol. The van der Waals surface area contributed by atoms with Crippen molar-refractivity contribution in [3.05, 3.63) is 59.7 Å². The standard InChI is InChI=1S/C21H28N2O3/c1-25-20-7-4-5-17(13-20)9-10-18-6-2-3-8-21(18)26-15-19(24)14-23-12-11-22-16-23/h2-8,13,19,22,24H,9-12,14-16H2,1H3/t19-/m0/s1. The minimum Gasteiger partial charge on any atom is -0.497 e. The molecule has 1 heterocycles. The molecule has 2 aromatic rings. The molecule has 0 amide bonds. The number of aliphatic hydroxyl groups excluding tert-OH is 1. The fourth-order valence-corrected chi connectivity index (χ4v) is 3.20. The lowest BCUT2D eigenvalue weighted by Gasteiger charge is -2.20. The number of benzene rings is 2. The van der Waals surface area contributed by atoms with Gasteiger partial charge in [-0.05, 0) is 42.2 Å². The molecule has 0 spiro atoms. The van der Waals surface area contributed by atoms with E-state index in [4.69, 9.17) is 9.47 Å². The summed E-state index contributed by atoms with van der Waals surface area (Å²) in [5, 5.41) is 13.5. The van der Waals surface area contributed by atoms with Gasteiger partial charge < -0.3 is 19.9 Å². The molecule has 0 bridgehead atoms. The van der Waals surface area contributed by atoms with E-state index in [0.717, 1.165) is 49.7 Å². The Morgan fingerprint density at radius 1 is 1.15 bits per heavy atom. The lowest BCUT2D eigenvalue weighted by molar-refractivity contribution is 0.0751. The SMILES string of the molecule is COc1cccc(CCc2ccccc2OC[C@@H](O)CN2CCNC2)c1. The highest BCUT2D eigenvalue weighted by atomic mass is 16.5. The zero-order valence-electron chi connectivity index (χ0n) is 15.4. The van der Waals surface area contributed by atoms with Crippen LogP contribution in [0.3, 0.4) is 0 Å². The summed E-state index contributed by atoms with van der Waals surface area (Å²) in [7, 11) is 1.69. The van der Waals surface area contributed by atoms with Gasteiger partial charge in [0.25, 0.3) is 0 Å². The van der Waals surface area contributed by atoms with Gasteiger partial charge in [-0.15, -0.1) is 0 Å². The average Bonchev–Trinajstić information content (AvgIpc) is 3.18. The number of ether oxygens (including phenoxy) is 2. The number of β-amino-alcohol motifs (C(OH)–C–C–N with tert-alkyl or cyclic N) is 1. The first kappa shape index (κ1) is 18.7. The maximum Gasteiger partial charge on any atom is 0.122 e. The van der Waals surface area contributed by atoms with Crippen molar-refractivity contribution in [2.75, 3.05) is 40.0 Å². The number of hydrogen-bond donors (Lipinski definition) is 2. The third kappa shape index (κ3) is 5.46. The molecule has 1 aliphatic rings. The maximum atomic E-state index is 10.2. The number of methoxy groups -OCH3 is 1. The van der Waals surface area contributed by atoms with Crippen molar-refractivity contribution < 1.29 is 14.6 Å². The highest BCUT2D eigenvalue weighted by molar-refractivity contribution is 5.35. The zero-order chi connectivity index (χ0) is 18.2. The predicted molar refractivity (Wildman–Crippen MR) is 103 cm³/mol. The second-order valence-electron chi connectivity index (χ2n) is 6.66. The van der Waals surface area contributed by atoms with Crippen LogP contribution < -0.4 is 14.8 Å². The molecule has 0 aliphatic carbocycles. The Morgan fingerprint density at radius 2 is 2.04 bits per heavy atom. The average molecular weight is 356 g/mol. The predicted octanol–water partition coefficient (Wildman–Crippen LogP) is 2.08. The van der Waals surface area contributed by atoms with Crippen LogP contribution >= 0.6 is 0 Å². The number of nitrogens with zero attached hydrogens (tertiary/aromatic N) is 1. The highest BCUT2D eigenvalue weighted by Crippen LogP contribution is 2.21. The Labute approximate surface area is 155 Å². The number of para-hydroxylation sites is 1. The molecule has 26 heavy (non-hydrogen) atoms. The second kappa shape index (κ2) is 9.57. The third-order valence-corrected chi connectivity index (χ3v) is 4.63. The summed E-state index contributed by atoms with van der Waals surface area (Å²) in [5.74, 6) is 1.74. The molecule has 5 nitrogen and oxygen atoms in total. The normalized spacial score (nSPS) is 15.8. The molecule has 0 saturated carbocycles.